The predicted molar refractivity (Wildman–Crippen MR) is 77.8 cm³/mol. The highest BCUT2D eigenvalue weighted by Gasteiger charge is 2.20. The minimum absolute atomic E-state index is 0.0383. The van der Waals surface area contributed by atoms with Crippen LogP contribution in [0.1, 0.15) is 16.9 Å². The summed E-state index contributed by atoms with van der Waals surface area (Å²) in [7, 11) is 0. The summed E-state index contributed by atoms with van der Waals surface area (Å²) in [5.41, 5.74) is 0.797. The molecule has 0 bridgehead atoms. The number of carboxylic acids is 1. The molecule has 0 fully saturated rings. The standard InChI is InChI=1S/C13H10BrNO4S/c14-13-15-10(12(16)17)11(20-13)7-2-3-8-9(6-7)19-5-1-4-18-8/h2-3,6H,1,4-5H2,(H,16,17). The number of ether oxygens (including phenoxy) is 2. The van der Waals surface area contributed by atoms with E-state index in [1.807, 2.05) is 6.07 Å². The third-order valence-corrected chi connectivity index (χ3v) is 4.37. The number of carboxylic acid groups (broad SMARTS) is 1. The molecule has 1 aromatic heterocycles. The second-order valence-corrected chi connectivity index (χ2v) is 6.44. The molecule has 2 aromatic rings. The number of aromatic nitrogens is 1. The van der Waals surface area contributed by atoms with Crippen LogP contribution >= 0.6 is 27.3 Å². The van der Waals surface area contributed by atoms with E-state index in [0.717, 1.165) is 12.0 Å². The molecule has 104 valence electrons. The van der Waals surface area contributed by atoms with E-state index in [0.29, 0.717) is 33.5 Å². The number of halogens is 1. The average molecular weight is 356 g/mol. The molecule has 0 aliphatic carbocycles. The number of thiazole rings is 1. The highest BCUT2D eigenvalue weighted by Crippen LogP contribution is 2.38. The molecular formula is C13H10BrNO4S. The van der Waals surface area contributed by atoms with E-state index in [1.165, 1.54) is 11.3 Å². The van der Waals surface area contributed by atoms with Crippen molar-refractivity contribution in [3.05, 3.63) is 27.8 Å². The number of aromatic carboxylic acids is 1. The first-order valence-electron chi connectivity index (χ1n) is 5.95. The number of benzene rings is 1. The lowest BCUT2D eigenvalue weighted by Gasteiger charge is -2.08. The third-order valence-electron chi connectivity index (χ3n) is 2.81. The van der Waals surface area contributed by atoms with Crippen molar-refractivity contribution >= 4 is 33.2 Å². The van der Waals surface area contributed by atoms with E-state index in [9.17, 15) is 9.90 Å². The van der Waals surface area contributed by atoms with Crippen LogP contribution in [-0.4, -0.2) is 29.3 Å². The van der Waals surface area contributed by atoms with Gasteiger partial charge >= 0.3 is 5.97 Å². The minimum atomic E-state index is -1.05. The van der Waals surface area contributed by atoms with Gasteiger partial charge in [0.15, 0.2) is 21.1 Å². The van der Waals surface area contributed by atoms with Gasteiger partial charge in [0.1, 0.15) is 0 Å². The van der Waals surface area contributed by atoms with Crippen molar-refractivity contribution < 1.29 is 19.4 Å². The fourth-order valence-corrected chi connectivity index (χ4v) is 3.38. The lowest BCUT2D eigenvalue weighted by atomic mass is 10.1. The topological polar surface area (TPSA) is 68.7 Å². The summed E-state index contributed by atoms with van der Waals surface area (Å²) >= 11 is 4.50. The Morgan fingerprint density at radius 1 is 1.30 bits per heavy atom. The van der Waals surface area contributed by atoms with Gasteiger partial charge in [0.2, 0.25) is 0 Å². The molecule has 1 N–H and O–H groups in total. The number of fused-ring (bicyclic) bond motifs is 1. The van der Waals surface area contributed by atoms with E-state index < -0.39 is 5.97 Å². The van der Waals surface area contributed by atoms with Gasteiger partial charge < -0.3 is 14.6 Å². The zero-order valence-electron chi connectivity index (χ0n) is 10.3. The number of hydrogen-bond acceptors (Lipinski definition) is 5. The Hall–Kier alpha value is -1.60. The number of nitrogens with zero attached hydrogens (tertiary/aromatic N) is 1. The Balaban J connectivity index is 2.07. The SMILES string of the molecule is O=C(O)c1nc(Br)sc1-c1ccc2c(c1)OCCCO2. The van der Waals surface area contributed by atoms with E-state index in [2.05, 4.69) is 20.9 Å². The van der Waals surface area contributed by atoms with Crippen LogP contribution in [0.15, 0.2) is 22.1 Å². The van der Waals surface area contributed by atoms with Crippen LogP contribution in [0.25, 0.3) is 10.4 Å². The quantitative estimate of drug-likeness (QED) is 0.893. The van der Waals surface area contributed by atoms with Crippen molar-refractivity contribution in [3.63, 3.8) is 0 Å². The fourth-order valence-electron chi connectivity index (χ4n) is 1.94. The van der Waals surface area contributed by atoms with Crippen LogP contribution in [0.4, 0.5) is 0 Å². The highest BCUT2D eigenvalue weighted by atomic mass is 79.9. The maximum Gasteiger partial charge on any atom is 0.356 e. The Morgan fingerprint density at radius 2 is 2.05 bits per heavy atom. The summed E-state index contributed by atoms with van der Waals surface area (Å²) in [6.07, 6.45) is 0.830. The lowest BCUT2D eigenvalue weighted by Crippen LogP contribution is -1.99. The Kier molecular flexibility index (Phi) is 3.62. The van der Waals surface area contributed by atoms with Crippen LogP contribution < -0.4 is 9.47 Å². The molecule has 5 nitrogen and oxygen atoms in total. The zero-order chi connectivity index (χ0) is 14.1. The van der Waals surface area contributed by atoms with Crippen LogP contribution in [0, 0.1) is 0 Å². The molecule has 7 heteroatoms. The van der Waals surface area contributed by atoms with Gasteiger partial charge in [0.25, 0.3) is 0 Å². The molecule has 0 saturated carbocycles. The molecular weight excluding hydrogens is 346 g/mol. The molecule has 0 saturated heterocycles. The molecule has 2 heterocycles. The molecule has 0 radical (unpaired) electrons. The van der Waals surface area contributed by atoms with Crippen molar-refractivity contribution in [1.29, 1.82) is 0 Å². The van der Waals surface area contributed by atoms with E-state index in [1.54, 1.807) is 12.1 Å². The molecule has 0 unspecified atom stereocenters. The molecule has 0 spiro atoms. The monoisotopic (exact) mass is 355 g/mol. The molecule has 0 atom stereocenters. The maximum absolute atomic E-state index is 11.2. The summed E-state index contributed by atoms with van der Waals surface area (Å²) in [6, 6.07) is 5.42. The van der Waals surface area contributed by atoms with Gasteiger partial charge in [-0.15, -0.1) is 11.3 Å². The first-order chi connectivity index (χ1) is 9.65. The Bertz CT molecular complexity index is 670. The fraction of sp³-hybridized carbons (Fsp3) is 0.231. The van der Waals surface area contributed by atoms with Gasteiger partial charge in [-0.05, 0) is 39.7 Å². The van der Waals surface area contributed by atoms with Crippen molar-refractivity contribution in [3.8, 4) is 21.9 Å². The van der Waals surface area contributed by atoms with Crippen molar-refractivity contribution in [1.82, 2.24) is 4.98 Å². The predicted octanol–water partition coefficient (Wildman–Crippen LogP) is 3.43. The normalized spacial score (nSPS) is 13.8. The first kappa shape index (κ1) is 13.4. The molecule has 0 amide bonds. The minimum Gasteiger partial charge on any atom is -0.490 e. The van der Waals surface area contributed by atoms with Crippen LogP contribution in [0.5, 0.6) is 11.5 Å². The summed E-state index contributed by atoms with van der Waals surface area (Å²) in [5.74, 6) is 0.279. The Labute approximate surface area is 127 Å². The van der Waals surface area contributed by atoms with Gasteiger partial charge in [0, 0.05) is 6.42 Å². The molecule has 3 rings (SSSR count). The molecule has 1 aliphatic heterocycles. The largest absolute Gasteiger partial charge is 0.490 e. The van der Waals surface area contributed by atoms with Gasteiger partial charge in [0.05, 0.1) is 18.1 Å². The molecule has 1 aromatic carbocycles. The average Bonchev–Trinajstić information content (AvgIpc) is 2.68. The van der Waals surface area contributed by atoms with Crippen molar-refractivity contribution in [2.75, 3.05) is 13.2 Å². The molecule has 1 aliphatic rings. The lowest BCUT2D eigenvalue weighted by molar-refractivity contribution is 0.0692. The second-order valence-electron chi connectivity index (χ2n) is 4.16. The van der Waals surface area contributed by atoms with E-state index >= 15 is 0 Å². The van der Waals surface area contributed by atoms with Crippen molar-refractivity contribution in [2.24, 2.45) is 0 Å². The van der Waals surface area contributed by atoms with Crippen molar-refractivity contribution in [2.45, 2.75) is 6.42 Å². The summed E-state index contributed by atoms with van der Waals surface area (Å²) in [4.78, 5) is 15.8. The summed E-state index contributed by atoms with van der Waals surface area (Å²) in [5, 5.41) is 9.19. The summed E-state index contributed by atoms with van der Waals surface area (Å²) in [6.45, 7) is 1.22. The Morgan fingerprint density at radius 3 is 2.80 bits per heavy atom. The van der Waals surface area contributed by atoms with Crippen LogP contribution in [0.2, 0.25) is 0 Å². The van der Waals surface area contributed by atoms with Crippen LogP contribution in [0.3, 0.4) is 0 Å². The smallest absolute Gasteiger partial charge is 0.356 e. The summed E-state index contributed by atoms with van der Waals surface area (Å²) < 4.78 is 11.7. The first-order valence-corrected chi connectivity index (χ1v) is 7.56. The second kappa shape index (κ2) is 5.41. The molecule has 20 heavy (non-hydrogen) atoms. The van der Waals surface area contributed by atoms with Crippen LogP contribution in [-0.2, 0) is 0 Å². The number of hydrogen-bond donors (Lipinski definition) is 1. The van der Waals surface area contributed by atoms with Gasteiger partial charge in [-0.2, -0.15) is 0 Å². The number of rotatable bonds is 2. The van der Waals surface area contributed by atoms with Gasteiger partial charge in [-0.3, -0.25) is 0 Å². The maximum atomic E-state index is 11.2. The van der Waals surface area contributed by atoms with E-state index in [4.69, 9.17) is 9.47 Å². The third kappa shape index (κ3) is 2.51. The van der Waals surface area contributed by atoms with Gasteiger partial charge in [-0.25, -0.2) is 9.78 Å². The van der Waals surface area contributed by atoms with E-state index in [-0.39, 0.29) is 5.69 Å². The zero-order valence-corrected chi connectivity index (χ0v) is 12.7. The number of carbonyl (C=O) groups is 1. The van der Waals surface area contributed by atoms with Gasteiger partial charge in [-0.1, -0.05) is 0 Å². The highest BCUT2D eigenvalue weighted by molar-refractivity contribution is 9.11.